The normalized spacial score (nSPS) is 16.8. The molecule has 0 saturated heterocycles. The van der Waals surface area contributed by atoms with Gasteiger partial charge in [-0.3, -0.25) is 9.20 Å². The van der Waals surface area contributed by atoms with Crippen LogP contribution in [-0.2, 0) is 11.2 Å². The molecule has 24 heavy (non-hydrogen) atoms. The van der Waals surface area contributed by atoms with Crippen molar-refractivity contribution in [1.29, 1.82) is 0 Å². The average molecular weight is 338 g/mol. The molecule has 122 valence electrons. The quantitative estimate of drug-likeness (QED) is 0.743. The number of benzene rings is 1. The number of rotatable bonds is 4. The van der Waals surface area contributed by atoms with Gasteiger partial charge in [-0.05, 0) is 42.5 Å². The number of nitrogens with zero attached hydrogens (tertiary/aromatic N) is 3. The van der Waals surface area contributed by atoms with Crippen molar-refractivity contribution in [3.8, 4) is 0 Å². The summed E-state index contributed by atoms with van der Waals surface area (Å²) in [6.07, 6.45) is 5.13. The molecule has 2 heterocycles. The second kappa shape index (κ2) is 6.65. The summed E-state index contributed by atoms with van der Waals surface area (Å²) in [6, 6.07) is 14.3. The molecule has 1 unspecified atom stereocenters. The van der Waals surface area contributed by atoms with Crippen molar-refractivity contribution in [2.45, 2.75) is 30.5 Å². The van der Waals surface area contributed by atoms with E-state index in [0.29, 0.717) is 5.75 Å². The highest BCUT2D eigenvalue weighted by Crippen LogP contribution is 2.29. The largest absolute Gasteiger partial charge is 0.349 e. The maximum absolute atomic E-state index is 12.4. The molecular weight excluding hydrogens is 320 g/mol. The zero-order chi connectivity index (χ0) is 16.4. The molecule has 0 radical (unpaired) electrons. The van der Waals surface area contributed by atoms with E-state index in [1.807, 2.05) is 34.9 Å². The topological polar surface area (TPSA) is 59.3 Å². The van der Waals surface area contributed by atoms with E-state index in [0.717, 1.165) is 30.1 Å². The number of nitrogens with one attached hydrogen (secondary N) is 1. The Bertz CT molecular complexity index is 876. The van der Waals surface area contributed by atoms with Gasteiger partial charge in [-0.25, -0.2) is 0 Å². The smallest absolute Gasteiger partial charge is 0.230 e. The van der Waals surface area contributed by atoms with Crippen LogP contribution in [0.25, 0.3) is 5.65 Å². The van der Waals surface area contributed by atoms with Gasteiger partial charge in [0.2, 0.25) is 5.91 Å². The molecular formula is C18H18N4OS. The lowest BCUT2D eigenvalue weighted by Gasteiger charge is -2.26. The van der Waals surface area contributed by atoms with Crippen LogP contribution >= 0.6 is 11.8 Å². The van der Waals surface area contributed by atoms with Crippen LogP contribution in [0.4, 0.5) is 0 Å². The van der Waals surface area contributed by atoms with Crippen LogP contribution in [0.2, 0.25) is 0 Å². The first-order valence-corrected chi connectivity index (χ1v) is 9.09. The van der Waals surface area contributed by atoms with E-state index in [2.05, 4.69) is 33.7 Å². The fourth-order valence-electron chi connectivity index (χ4n) is 3.19. The predicted molar refractivity (Wildman–Crippen MR) is 94.0 cm³/mol. The summed E-state index contributed by atoms with van der Waals surface area (Å²) in [5, 5.41) is 12.2. The van der Waals surface area contributed by atoms with E-state index in [4.69, 9.17) is 0 Å². The van der Waals surface area contributed by atoms with Crippen LogP contribution in [0.5, 0.6) is 0 Å². The van der Waals surface area contributed by atoms with Crippen LogP contribution in [0.1, 0.15) is 30.0 Å². The van der Waals surface area contributed by atoms with E-state index in [1.54, 1.807) is 0 Å². The minimum absolute atomic E-state index is 0.0365. The Morgan fingerprint density at radius 3 is 3.04 bits per heavy atom. The zero-order valence-electron chi connectivity index (χ0n) is 13.2. The van der Waals surface area contributed by atoms with Gasteiger partial charge >= 0.3 is 0 Å². The Morgan fingerprint density at radius 1 is 1.21 bits per heavy atom. The predicted octanol–water partition coefficient (Wildman–Crippen LogP) is 3.02. The number of carbonyl (C=O) groups is 1. The summed E-state index contributed by atoms with van der Waals surface area (Å²) in [6.45, 7) is 0. The van der Waals surface area contributed by atoms with Crippen LogP contribution in [0.15, 0.2) is 53.8 Å². The van der Waals surface area contributed by atoms with Gasteiger partial charge in [-0.15, -0.1) is 10.2 Å². The van der Waals surface area contributed by atoms with Crippen molar-refractivity contribution in [3.63, 3.8) is 0 Å². The SMILES string of the molecule is O=C(CSc1nnc2ccccn12)NC1CCCc2ccccc21. The molecule has 6 heteroatoms. The Kier molecular flexibility index (Phi) is 4.21. The fourth-order valence-corrected chi connectivity index (χ4v) is 3.92. The second-order valence-corrected chi connectivity index (χ2v) is 6.85. The van der Waals surface area contributed by atoms with Gasteiger partial charge in [0.1, 0.15) is 0 Å². The molecule has 1 aromatic carbocycles. The number of thioether (sulfide) groups is 1. The third kappa shape index (κ3) is 3.01. The number of aryl methyl sites for hydroxylation is 1. The van der Waals surface area contributed by atoms with Crippen molar-refractivity contribution in [2.24, 2.45) is 0 Å². The number of amides is 1. The highest BCUT2D eigenvalue weighted by molar-refractivity contribution is 7.99. The highest BCUT2D eigenvalue weighted by Gasteiger charge is 2.21. The number of carbonyl (C=O) groups excluding carboxylic acids is 1. The Labute approximate surface area is 144 Å². The molecule has 1 amide bonds. The first-order valence-electron chi connectivity index (χ1n) is 8.11. The molecule has 0 fully saturated rings. The van der Waals surface area contributed by atoms with Crippen LogP contribution in [0.3, 0.4) is 0 Å². The third-order valence-corrected chi connectivity index (χ3v) is 5.26. The minimum atomic E-state index is 0.0365. The zero-order valence-corrected chi connectivity index (χ0v) is 14.0. The van der Waals surface area contributed by atoms with Crippen LogP contribution in [0, 0.1) is 0 Å². The lowest BCUT2D eigenvalue weighted by Crippen LogP contribution is -2.32. The number of hydrogen-bond donors (Lipinski definition) is 1. The molecule has 2 aromatic heterocycles. The van der Waals surface area contributed by atoms with Crippen molar-refractivity contribution in [3.05, 3.63) is 59.8 Å². The van der Waals surface area contributed by atoms with Gasteiger partial charge in [0.25, 0.3) is 0 Å². The average Bonchev–Trinajstić information content (AvgIpc) is 3.04. The Morgan fingerprint density at radius 2 is 2.08 bits per heavy atom. The summed E-state index contributed by atoms with van der Waals surface area (Å²) >= 11 is 1.41. The van der Waals surface area contributed by atoms with Gasteiger partial charge in [-0.1, -0.05) is 42.1 Å². The molecule has 3 aromatic rings. The molecule has 1 aliphatic rings. The van der Waals surface area contributed by atoms with Crippen molar-refractivity contribution in [2.75, 3.05) is 5.75 Å². The standard InChI is InChI=1S/C18H18N4OS/c23-17(12-24-18-21-20-16-10-3-4-11-22(16)18)19-15-9-5-7-13-6-1-2-8-14(13)15/h1-4,6,8,10-11,15H,5,7,9,12H2,(H,19,23). The first-order chi connectivity index (χ1) is 11.8. The van der Waals surface area contributed by atoms with Gasteiger partial charge in [-0.2, -0.15) is 0 Å². The maximum atomic E-state index is 12.4. The van der Waals surface area contributed by atoms with Gasteiger partial charge < -0.3 is 5.32 Å². The van der Waals surface area contributed by atoms with Crippen LogP contribution in [-0.4, -0.2) is 26.3 Å². The van der Waals surface area contributed by atoms with Gasteiger partial charge in [0, 0.05) is 6.20 Å². The van der Waals surface area contributed by atoms with Crippen molar-refractivity contribution >= 4 is 23.3 Å². The van der Waals surface area contributed by atoms with Crippen LogP contribution < -0.4 is 5.32 Å². The second-order valence-electron chi connectivity index (χ2n) is 5.91. The summed E-state index contributed by atoms with van der Waals surface area (Å²) in [5.74, 6) is 0.378. The summed E-state index contributed by atoms with van der Waals surface area (Å²) in [4.78, 5) is 12.4. The molecule has 0 saturated carbocycles. The van der Waals surface area contributed by atoms with E-state index >= 15 is 0 Å². The molecule has 1 atom stereocenters. The van der Waals surface area contributed by atoms with E-state index in [1.165, 1.54) is 22.9 Å². The lowest BCUT2D eigenvalue weighted by molar-refractivity contribution is -0.119. The summed E-state index contributed by atoms with van der Waals surface area (Å²) in [5.41, 5.74) is 3.40. The number of fused-ring (bicyclic) bond motifs is 2. The molecule has 5 nitrogen and oxygen atoms in total. The molecule has 0 aliphatic heterocycles. The summed E-state index contributed by atoms with van der Waals surface area (Å²) in [7, 11) is 0. The molecule has 4 rings (SSSR count). The van der Waals surface area contributed by atoms with Gasteiger partial charge in [0.05, 0.1) is 11.8 Å². The maximum Gasteiger partial charge on any atom is 0.230 e. The third-order valence-electron chi connectivity index (χ3n) is 4.32. The van der Waals surface area contributed by atoms with Crippen molar-refractivity contribution < 1.29 is 4.79 Å². The molecule has 0 spiro atoms. The minimum Gasteiger partial charge on any atom is -0.349 e. The van der Waals surface area contributed by atoms with E-state index < -0.39 is 0 Å². The summed E-state index contributed by atoms with van der Waals surface area (Å²) < 4.78 is 1.90. The number of aromatic nitrogens is 3. The fraction of sp³-hybridized carbons (Fsp3) is 0.278. The van der Waals surface area contributed by atoms with Crippen molar-refractivity contribution in [1.82, 2.24) is 19.9 Å². The Balaban J connectivity index is 1.41. The number of pyridine rings is 1. The van der Waals surface area contributed by atoms with E-state index in [9.17, 15) is 4.79 Å². The monoisotopic (exact) mass is 338 g/mol. The Hall–Kier alpha value is -2.34. The molecule has 0 bridgehead atoms. The number of hydrogen-bond acceptors (Lipinski definition) is 4. The molecule has 1 aliphatic carbocycles. The lowest BCUT2D eigenvalue weighted by atomic mass is 9.88. The highest BCUT2D eigenvalue weighted by atomic mass is 32.2. The van der Waals surface area contributed by atoms with E-state index in [-0.39, 0.29) is 11.9 Å². The van der Waals surface area contributed by atoms with Gasteiger partial charge in [0.15, 0.2) is 10.8 Å². The first kappa shape index (κ1) is 15.2. The molecule has 1 N–H and O–H groups in total.